The lowest BCUT2D eigenvalue weighted by molar-refractivity contribution is -0.570. The summed E-state index contributed by atoms with van der Waals surface area (Å²) in [5, 5.41) is 0. The van der Waals surface area contributed by atoms with Gasteiger partial charge in [-0.3, -0.25) is 0 Å². The van der Waals surface area contributed by atoms with Crippen molar-refractivity contribution in [2.24, 2.45) is 0 Å². The Kier molecular flexibility index (Phi) is 12.7. The molecule has 13 heteroatoms. The molecule has 0 spiro atoms. The number of hydrogen-bond donors (Lipinski definition) is 0. The molecule has 0 aromatic heterocycles. The summed E-state index contributed by atoms with van der Waals surface area (Å²) in [6.07, 6.45) is -1.64. The summed E-state index contributed by atoms with van der Waals surface area (Å²) in [5.74, 6) is -26.5. The Labute approximate surface area is 318 Å². The van der Waals surface area contributed by atoms with E-state index in [-0.39, 0.29) is 30.4 Å². The Bertz CT molecular complexity index is 2020. The van der Waals surface area contributed by atoms with Gasteiger partial charge in [0.2, 0.25) is 0 Å². The fourth-order valence-corrected chi connectivity index (χ4v) is 8.35. The van der Waals surface area contributed by atoms with E-state index >= 15 is 35.1 Å². The van der Waals surface area contributed by atoms with E-state index in [0.717, 1.165) is 6.42 Å². The van der Waals surface area contributed by atoms with Crippen LogP contribution in [0.2, 0.25) is 5.82 Å². The average molecular weight is 786 g/mol. The van der Waals surface area contributed by atoms with Crippen molar-refractivity contribution in [2.75, 3.05) is 6.54 Å². The van der Waals surface area contributed by atoms with E-state index in [1.165, 1.54) is 29.8 Å². The van der Waals surface area contributed by atoms with E-state index in [0.29, 0.717) is 25.8 Å². The van der Waals surface area contributed by atoms with Crippen LogP contribution in [-0.4, -0.2) is 29.7 Å². The summed E-state index contributed by atoms with van der Waals surface area (Å²) in [4.78, 5) is 0. The molecule has 7 rings (SSSR count). The Morgan fingerprint density at radius 2 is 0.929 bits per heavy atom. The van der Waals surface area contributed by atoms with Crippen LogP contribution in [0.5, 0.6) is 0 Å². The smallest absolute Gasteiger partial charge is 0.200 e. The molecule has 294 valence electrons. The molecule has 5 aromatic rings. The van der Waals surface area contributed by atoms with Crippen LogP contribution in [-0.2, 0) is 4.65 Å². The van der Waals surface area contributed by atoms with Gasteiger partial charge in [-0.1, -0.05) is 126 Å². The molecule has 1 aliphatic carbocycles. The van der Waals surface area contributed by atoms with Gasteiger partial charge >= 0.3 is 0 Å². The molecule has 2 aliphatic rings. The van der Waals surface area contributed by atoms with E-state index in [9.17, 15) is 8.78 Å². The monoisotopic (exact) mass is 785 g/mol. The summed E-state index contributed by atoms with van der Waals surface area (Å²) >= 11 is 0. The van der Waals surface area contributed by atoms with Crippen molar-refractivity contribution in [3.8, 4) is 0 Å². The first-order valence-electron chi connectivity index (χ1n) is 18.5. The van der Waals surface area contributed by atoms with Crippen LogP contribution in [0, 0.1) is 65.1 Å². The predicted molar refractivity (Wildman–Crippen MR) is 196 cm³/mol. The summed E-state index contributed by atoms with van der Waals surface area (Å²) < 4.78 is 164. The number of hydrogen-bond acceptors (Lipinski definition) is 1. The maximum atomic E-state index is 16.4. The third kappa shape index (κ3) is 7.74. The van der Waals surface area contributed by atoms with Gasteiger partial charge in [-0.25, -0.2) is 48.5 Å². The molecule has 0 N–H and O–H groups in total. The van der Waals surface area contributed by atoms with Crippen molar-refractivity contribution in [1.82, 2.24) is 0 Å². The minimum absolute atomic E-state index is 0.176. The van der Waals surface area contributed by atoms with Gasteiger partial charge in [-0.15, -0.1) is 0 Å². The first-order chi connectivity index (χ1) is 26.9. The van der Waals surface area contributed by atoms with Gasteiger partial charge in [-0.2, -0.15) is 0 Å². The van der Waals surface area contributed by atoms with Crippen molar-refractivity contribution in [1.29, 1.82) is 0 Å². The van der Waals surface area contributed by atoms with Crippen LogP contribution in [0.1, 0.15) is 67.7 Å². The maximum Gasteiger partial charge on any atom is 0.200 e. The molecular formula is C43H38BF10NO. The highest BCUT2D eigenvalue weighted by Gasteiger charge is 2.54. The highest BCUT2D eigenvalue weighted by molar-refractivity contribution is 6.99. The lowest BCUT2D eigenvalue weighted by Gasteiger charge is -2.53. The molecule has 1 fully saturated rings. The lowest BCUT2D eigenvalue weighted by atomic mass is 9.22. The molecule has 1 aliphatic heterocycles. The quantitative estimate of drug-likeness (QED) is 0.0502. The highest BCUT2D eigenvalue weighted by Crippen LogP contribution is 2.45. The molecule has 1 heterocycles. The molecule has 0 bridgehead atoms. The van der Waals surface area contributed by atoms with E-state index in [4.69, 9.17) is 4.65 Å². The normalized spacial score (nSPS) is 17.3. The van der Waals surface area contributed by atoms with Gasteiger partial charge in [0, 0.05) is 19.3 Å². The molecule has 0 saturated heterocycles. The highest BCUT2D eigenvalue weighted by atomic mass is 19.2. The van der Waals surface area contributed by atoms with Crippen LogP contribution in [0.15, 0.2) is 91.0 Å². The molecule has 0 unspecified atom stereocenters. The average Bonchev–Trinajstić information content (AvgIpc) is 3.24. The van der Waals surface area contributed by atoms with Crippen molar-refractivity contribution in [3.63, 3.8) is 0 Å². The van der Waals surface area contributed by atoms with Gasteiger partial charge in [0.25, 0.3) is 0 Å². The zero-order chi connectivity index (χ0) is 40.1. The van der Waals surface area contributed by atoms with Gasteiger partial charge in [-0.05, 0) is 30.9 Å². The number of nitrogens with zero attached hydrogens (tertiary/aromatic N) is 1. The van der Waals surface area contributed by atoms with Gasteiger partial charge in [0.1, 0.15) is 42.1 Å². The fraction of sp³-hybridized carbons (Fsp3) is 0.279. The standard InChI is InChI=1S/C36H30BF10NO.C7H8/c38-26-24(27(39)31(43)34(46)30(26)42)37(25-28(40)32(44)35(47)33(45)29(25)41,22-16-8-9-17-23(22)48-18-10-3-11-19-48)49-36(20-12-4-1-5-13-20)21-14-6-2-7-15-21;1-7-5-3-2-4-6-7/h1-2,4-7,12-15,18,22-23,36H,3,8-11,16-17,19H2;2-6H,1H3/t22-,23-;/m1./s1. The van der Waals surface area contributed by atoms with Gasteiger partial charge < -0.3 is 4.65 Å². The predicted octanol–water partition coefficient (Wildman–Crippen LogP) is 10.5. The van der Waals surface area contributed by atoms with Gasteiger partial charge in [0.15, 0.2) is 41.3 Å². The summed E-state index contributed by atoms with van der Waals surface area (Å²) in [6.45, 7) is 2.45. The fourth-order valence-electron chi connectivity index (χ4n) is 8.35. The van der Waals surface area contributed by atoms with Crippen molar-refractivity contribution >= 4 is 23.5 Å². The van der Waals surface area contributed by atoms with Crippen LogP contribution in [0.4, 0.5) is 43.9 Å². The number of aryl methyl sites for hydroxylation is 1. The van der Waals surface area contributed by atoms with Crippen LogP contribution in [0.3, 0.4) is 0 Å². The van der Waals surface area contributed by atoms with E-state index in [1.54, 1.807) is 47.2 Å². The Morgan fingerprint density at radius 3 is 1.32 bits per heavy atom. The second-order valence-corrected chi connectivity index (χ2v) is 14.2. The summed E-state index contributed by atoms with van der Waals surface area (Å²) in [7, 11) is 0. The summed E-state index contributed by atoms with van der Waals surface area (Å²) in [5.41, 5.74) is -1.83. The molecule has 1 saturated carbocycles. The molecule has 2 atom stereocenters. The Morgan fingerprint density at radius 1 is 0.518 bits per heavy atom. The second-order valence-electron chi connectivity index (χ2n) is 14.2. The van der Waals surface area contributed by atoms with Gasteiger partial charge in [0.05, 0.1) is 6.10 Å². The number of halogens is 10. The largest absolute Gasteiger partial charge is 0.573 e. The molecule has 2 nitrogen and oxygen atoms in total. The Balaban J connectivity index is 0.000000685. The van der Waals surface area contributed by atoms with Crippen LogP contribution in [0.25, 0.3) is 0 Å². The zero-order valence-corrected chi connectivity index (χ0v) is 30.3. The molecule has 5 aromatic carbocycles. The summed E-state index contributed by atoms with van der Waals surface area (Å²) in [6, 6.07) is 24.7. The van der Waals surface area contributed by atoms with E-state index in [2.05, 4.69) is 19.1 Å². The van der Waals surface area contributed by atoms with Crippen molar-refractivity contribution in [3.05, 3.63) is 166 Å². The molecule has 0 radical (unpaired) electrons. The zero-order valence-electron chi connectivity index (χ0n) is 30.3. The van der Waals surface area contributed by atoms with Crippen LogP contribution < -0.4 is 10.9 Å². The SMILES string of the molecule is Cc1ccccc1.Fc1c(F)c(F)c([B-](OC(c2ccccc2)c2ccccc2)(c2c(F)c(F)c(F)c(F)c2F)[C@@H]2CCCC[C@H]2[N+]2=CCCCC2)c(F)c1F. The number of rotatable bonds is 8. The first kappa shape index (κ1) is 40.7. The minimum atomic E-state index is -4.58. The van der Waals surface area contributed by atoms with Crippen LogP contribution >= 0.6 is 0 Å². The first-order valence-corrected chi connectivity index (χ1v) is 18.5. The van der Waals surface area contributed by atoms with Crippen molar-refractivity contribution < 1.29 is 53.1 Å². The van der Waals surface area contributed by atoms with E-state index < -0.39 is 93.4 Å². The Hall–Kier alpha value is -4.91. The van der Waals surface area contributed by atoms with Crippen molar-refractivity contribution in [2.45, 2.75) is 69.8 Å². The van der Waals surface area contributed by atoms with E-state index in [1.807, 2.05) is 18.2 Å². The third-order valence-corrected chi connectivity index (χ3v) is 10.9. The molecule has 56 heavy (non-hydrogen) atoms. The lowest BCUT2D eigenvalue weighted by Crippen LogP contribution is -2.71. The molecular weight excluding hydrogens is 747 g/mol. The maximum absolute atomic E-state index is 16.4. The third-order valence-electron chi connectivity index (χ3n) is 10.9. The topological polar surface area (TPSA) is 12.2 Å². The number of benzene rings is 5. The second kappa shape index (κ2) is 17.5. The molecule has 0 amide bonds. The minimum Gasteiger partial charge on any atom is -0.573 e.